The van der Waals surface area contributed by atoms with Crippen molar-refractivity contribution in [1.29, 1.82) is 0 Å². The quantitative estimate of drug-likeness (QED) is 0.142. The number of halogens is 2. The van der Waals surface area contributed by atoms with Crippen molar-refractivity contribution in [2.45, 2.75) is 18.7 Å². The number of aryl methyl sites for hydroxylation is 2. The van der Waals surface area contributed by atoms with Gasteiger partial charge in [0.15, 0.2) is 0 Å². The van der Waals surface area contributed by atoms with E-state index in [2.05, 4.69) is 16.0 Å². The molecule has 6 nitrogen and oxygen atoms in total. The van der Waals surface area contributed by atoms with E-state index < -0.39 is 17.6 Å². The predicted molar refractivity (Wildman–Crippen MR) is 164 cm³/mol. The Labute approximate surface area is 247 Å². The van der Waals surface area contributed by atoms with Crippen molar-refractivity contribution in [3.63, 3.8) is 0 Å². The molecule has 0 aliphatic rings. The molecule has 0 fully saturated rings. The Hall–Kier alpha value is -4.40. The van der Waals surface area contributed by atoms with E-state index >= 15 is 0 Å². The van der Waals surface area contributed by atoms with E-state index in [1.54, 1.807) is 48.5 Å². The maximum atomic E-state index is 14.5. The van der Waals surface area contributed by atoms with Crippen LogP contribution in [0.5, 0.6) is 0 Å². The fourth-order valence-electron chi connectivity index (χ4n) is 3.93. The van der Waals surface area contributed by atoms with E-state index in [1.807, 2.05) is 38.1 Å². The number of anilines is 2. The van der Waals surface area contributed by atoms with E-state index in [4.69, 9.17) is 11.6 Å². The van der Waals surface area contributed by atoms with Gasteiger partial charge in [-0.1, -0.05) is 60.1 Å². The summed E-state index contributed by atoms with van der Waals surface area (Å²) in [6.07, 6.45) is 1.20. The van der Waals surface area contributed by atoms with Gasteiger partial charge in [0.25, 0.3) is 11.8 Å². The molecule has 208 valence electrons. The monoisotopic (exact) mass is 587 g/mol. The molecule has 9 heteroatoms. The Bertz CT molecular complexity index is 1590. The third kappa shape index (κ3) is 8.06. The van der Waals surface area contributed by atoms with Crippen LogP contribution in [-0.2, 0) is 9.59 Å². The lowest BCUT2D eigenvalue weighted by atomic mass is 10.1. The van der Waals surface area contributed by atoms with Gasteiger partial charge in [-0.3, -0.25) is 14.4 Å². The van der Waals surface area contributed by atoms with E-state index in [0.29, 0.717) is 11.3 Å². The molecule has 4 aromatic carbocycles. The van der Waals surface area contributed by atoms with E-state index in [0.717, 1.165) is 21.7 Å². The Morgan fingerprint density at radius 3 is 2.24 bits per heavy atom. The second-order valence-electron chi connectivity index (χ2n) is 9.10. The number of amides is 3. The van der Waals surface area contributed by atoms with Crippen molar-refractivity contribution in [3.8, 4) is 0 Å². The van der Waals surface area contributed by atoms with Crippen molar-refractivity contribution in [2.24, 2.45) is 0 Å². The minimum absolute atomic E-state index is 0.0353. The summed E-state index contributed by atoms with van der Waals surface area (Å²) in [5.41, 5.74) is 3.27. The first-order chi connectivity index (χ1) is 19.7. The average molecular weight is 588 g/mol. The van der Waals surface area contributed by atoms with Crippen LogP contribution in [0, 0.1) is 19.7 Å². The van der Waals surface area contributed by atoms with Gasteiger partial charge < -0.3 is 16.0 Å². The zero-order valence-electron chi connectivity index (χ0n) is 22.3. The number of carbonyl (C=O) groups is 3. The summed E-state index contributed by atoms with van der Waals surface area (Å²) in [5.74, 6) is -1.86. The van der Waals surface area contributed by atoms with Crippen molar-refractivity contribution >= 4 is 58.5 Å². The molecule has 0 atom stereocenters. The highest BCUT2D eigenvalue weighted by atomic mass is 35.5. The summed E-state index contributed by atoms with van der Waals surface area (Å²) in [5, 5.41) is 8.35. The van der Waals surface area contributed by atoms with Gasteiger partial charge in [-0.15, -0.1) is 11.8 Å². The van der Waals surface area contributed by atoms with Crippen LogP contribution in [0.1, 0.15) is 27.0 Å². The van der Waals surface area contributed by atoms with Gasteiger partial charge in [0.1, 0.15) is 11.5 Å². The number of carbonyl (C=O) groups excluding carboxylic acids is 3. The summed E-state index contributed by atoms with van der Waals surface area (Å²) in [6, 6.07) is 25.2. The second-order valence-corrected chi connectivity index (χ2v) is 10.6. The van der Waals surface area contributed by atoms with Crippen LogP contribution in [0.2, 0.25) is 5.02 Å². The molecule has 0 spiro atoms. The van der Waals surface area contributed by atoms with E-state index in [1.165, 1.54) is 36.0 Å². The Balaban J connectivity index is 1.49. The topological polar surface area (TPSA) is 87.3 Å². The molecule has 4 aromatic rings. The fourth-order valence-corrected chi connectivity index (χ4v) is 4.91. The normalized spacial score (nSPS) is 11.1. The van der Waals surface area contributed by atoms with Crippen molar-refractivity contribution in [3.05, 3.63) is 130 Å². The van der Waals surface area contributed by atoms with Crippen LogP contribution < -0.4 is 16.0 Å². The number of thioether (sulfide) groups is 1. The molecule has 0 bridgehead atoms. The van der Waals surface area contributed by atoms with Gasteiger partial charge in [-0.2, -0.15) is 0 Å². The zero-order chi connectivity index (χ0) is 29.4. The summed E-state index contributed by atoms with van der Waals surface area (Å²) < 4.78 is 14.5. The lowest BCUT2D eigenvalue weighted by Crippen LogP contribution is -2.30. The molecular formula is C32H27ClFN3O3S. The van der Waals surface area contributed by atoms with Crippen LogP contribution >= 0.6 is 23.4 Å². The molecule has 0 aromatic heterocycles. The second kappa shape index (κ2) is 13.8. The molecule has 0 radical (unpaired) electrons. The molecule has 3 amide bonds. The number of nitrogens with one attached hydrogen (secondary N) is 3. The molecule has 0 saturated heterocycles. The highest BCUT2D eigenvalue weighted by Gasteiger charge is 2.17. The van der Waals surface area contributed by atoms with E-state index in [9.17, 15) is 18.8 Å². The highest BCUT2D eigenvalue weighted by Crippen LogP contribution is 2.25. The predicted octanol–water partition coefficient (Wildman–Crippen LogP) is 7.24. The van der Waals surface area contributed by atoms with Crippen molar-refractivity contribution < 1.29 is 18.8 Å². The molecule has 0 saturated carbocycles. The molecule has 0 unspecified atom stereocenters. The summed E-state index contributed by atoms with van der Waals surface area (Å²) >= 11 is 7.49. The number of hydrogen-bond donors (Lipinski definition) is 3. The first-order valence-electron chi connectivity index (χ1n) is 12.6. The van der Waals surface area contributed by atoms with Gasteiger partial charge in [0, 0.05) is 27.4 Å². The largest absolute Gasteiger partial charge is 0.325 e. The van der Waals surface area contributed by atoms with Crippen LogP contribution in [0.3, 0.4) is 0 Å². The SMILES string of the molecule is Cc1cccc(C)c1NC(=O)CSc1cccc(NC(=O)/C(=C\c2c(F)cccc2Cl)NC(=O)c2ccccc2)c1. The maximum absolute atomic E-state index is 14.5. The van der Waals surface area contributed by atoms with Gasteiger partial charge in [0.05, 0.1) is 10.8 Å². The summed E-state index contributed by atoms with van der Waals surface area (Å²) in [7, 11) is 0. The van der Waals surface area contributed by atoms with Crippen LogP contribution in [0.15, 0.2) is 102 Å². The summed E-state index contributed by atoms with van der Waals surface area (Å²) in [6.45, 7) is 3.88. The lowest BCUT2D eigenvalue weighted by molar-refractivity contribution is -0.114. The molecule has 3 N–H and O–H groups in total. The lowest BCUT2D eigenvalue weighted by Gasteiger charge is -2.13. The molecule has 0 aliphatic carbocycles. The van der Waals surface area contributed by atoms with Crippen molar-refractivity contribution in [1.82, 2.24) is 5.32 Å². The average Bonchev–Trinajstić information content (AvgIpc) is 2.96. The fraction of sp³-hybridized carbons (Fsp3) is 0.0938. The van der Waals surface area contributed by atoms with E-state index in [-0.39, 0.29) is 27.9 Å². The van der Waals surface area contributed by atoms with Gasteiger partial charge in [-0.05, 0) is 73.5 Å². The minimum atomic E-state index is -0.677. The standard InChI is InChI=1S/C32H27ClFN3O3S/c1-20-9-6-10-21(2)30(20)37-29(38)19-41-24-14-7-13-23(17-24)35-32(40)28(18-25-26(33)15-8-16-27(25)34)36-31(39)22-11-4-3-5-12-22/h3-18H,19H2,1-2H3,(H,35,40)(H,36,39)(H,37,38)/b28-18+. The van der Waals surface area contributed by atoms with Gasteiger partial charge in [-0.25, -0.2) is 4.39 Å². The highest BCUT2D eigenvalue weighted by molar-refractivity contribution is 8.00. The first-order valence-corrected chi connectivity index (χ1v) is 14.0. The number of benzene rings is 4. The van der Waals surface area contributed by atoms with Crippen LogP contribution in [-0.4, -0.2) is 23.5 Å². The zero-order valence-corrected chi connectivity index (χ0v) is 23.9. The number of para-hydroxylation sites is 1. The van der Waals surface area contributed by atoms with Crippen molar-refractivity contribution in [2.75, 3.05) is 16.4 Å². The molecule has 41 heavy (non-hydrogen) atoms. The number of hydrogen-bond acceptors (Lipinski definition) is 4. The van der Waals surface area contributed by atoms with Gasteiger partial charge in [0.2, 0.25) is 5.91 Å². The van der Waals surface area contributed by atoms with Crippen LogP contribution in [0.25, 0.3) is 6.08 Å². The molecule has 0 heterocycles. The van der Waals surface area contributed by atoms with Gasteiger partial charge >= 0.3 is 0 Å². The summed E-state index contributed by atoms with van der Waals surface area (Å²) in [4.78, 5) is 39.5. The number of rotatable bonds is 9. The first kappa shape index (κ1) is 29.6. The Kier molecular flexibility index (Phi) is 9.95. The maximum Gasteiger partial charge on any atom is 0.272 e. The molecule has 4 rings (SSSR count). The Morgan fingerprint density at radius 1 is 0.854 bits per heavy atom. The smallest absolute Gasteiger partial charge is 0.272 e. The molecule has 0 aliphatic heterocycles. The third-order valence-corrected chi connectivity index (χ3v) is 7.35. The minimum Gasteiger partial charge on any atom is -0.325 e. The third-order valence-electron chi connectivity index (χ3n) is 6.02. The van der Waals surface area contributed by atoms with Crippen LogP contribution in [0.4, 0.5) is 15.8 Å². The molecular weight excluding hydrogens is 561 g/mol. The Morgan fingerprint density at radius 2 is 1.54 bits per heavy atom.